The van der Waals surface area contributed by atoms with Crippen molar-refractivity contribution in [2.24, 2.45) is 5.41 Å². The SMILES string of the molecule is CC(C)(C)C(Nc1nc2c(cnn2-c2ccccc2)c(=O)[nH]1)c1cccs1. The maximum Gasteiger partial charge on any atom is 0.263 e. The third-order valence-electron chi connectivity index (χ3n) is 4.41. The molecule has 0 aliphatic rings. The smallest absolute Gasteiger partial charge is 0.263 e. The van der Waals surface area contributed by atoms with Gasteiger partial charge in [0.2, 0.25) is 5.95 Å². The predicted molar refractivity (Wildman–Crippen MR) is 110 cm³/mol. The first-order valence-electron chi connectivity index (χ1n) is 8.77. The van der Waals surface area contributed by atoms with Crippen molar-refractivity contribution in [2.45, 2.75) is 26.8 Å². The van der Waals surface area contributed by atoms with Gasteiger partial charge in [-0.25, -0.2) is 4.68 Å². The number of hydrogen-bond donors (Lipinski definition) is 2. The van der Waals surface area contributed by atoms with Crippen LogP contribution in [-0.4, -0.2) is 19.7 Å². The van der Waals surface area contributed by atoms with Crippen molar-refractivity contribution in [1.29, 1.82) is 0 Å². The molecule has 138 valence electrons. The number of thiophene rings is 1. The molecule has 1 unspecified atom stereocenters. The summed E-state index contributed by atoms with van der Waals surface area (Å²) >= 11 is 1.69. The summed E-state index contributed by atoms with van der Waals surface area (Å²) in [5.74, 6) is 0.443. The lowest BCUT2D eigenvalue weighted by Crippen LogP contribution is -2.27. The van der Waals surface area contributed by atoms with E-state index < -0.39 is 0 Å². The Bertz CT molecular complexity index is 1110. The largest absolute Gasteiger partial charge is 0.348 e. The number of aromatic nitrogens is 4. The van der Waals surface area contributed by atoms with E-state index >= 15 is 0 Å². The minimum atomic E-state index is -0.205. The van der Waals surface area contributed by atoms with Gasteiger partial charge in [0, 0.05) is 4.88 Å². The third-order valence-corrected chi connectivity index (χ3v) is 5.35. The van der Waals surface area contributed by atoms with E-state index in [0.29, 0.717) is 17.0 Å². The van der Waals surface area contributed by atoms with E-state index in [1.54, 1.807) is 22.2 Å². The predicted octanol–water partition coefficient (Wildman–Crippen LogP) is 4.37. The third kappa shape index (κ3) is 3.38. The van der Waals surface area contributed by atoms with Crippen LogP contribution in [0.5, 0.6) is 0 Å². The van der Waals surface area contributed by atoms with Crippen LogP contribution < -0.4 is 10.9 Å². The Morgan fingerprint density at radius 1 is 1.15 bits per heavy atom. The van der Waals surface area contributed by atoms with Gasteiger partial charge >= 0.3 is 0 Å². The van der Waals surface area contributed by atoms with E-state index in [2.05, 4.69) is 52.6 Å². The van der Waals surface area contributed by atoms with E-state index in [1.165, 1.54) is 4.88 Å². The summed E-state index contributed by atoms with van der Waals surface area (Å²) in [5.41, 5.74) is 1.13. The maximum absolute atomic E-state index is 12.6. The van der Waals surface area contributed by atoms with Crippen molar-refractivity contribution in [3.63, 3.8) is 0 Å². The van der Waals surface area contributed by atoms with Crippen LogP contribution >= 0.6 is 11.3 Å². The number of fused-ring (bicyclic) bond motifs is 1. The van der Waals surface area contributed by atoms with E-state index in [-0.39, 0.29) is 17.0 Å². The molecule has 0 amide bonds. The van der Waals surface area contributed by atoms with Gasteiger partial charge in [-0.15, -0.1) is 11.3 Å². The topological polar surface area (TPSA) is 75.6 Å². The molecule has 4 aromatic rings. The normalized spacial score (nSPS) is 13.0. The zero-order valence-electron chi connectivity index (χ0n) is 15.4. The molecule has 0 saturated carbocycles. The number of aromatic amines is 1. The molecule has 0 aliphatic carbocycles. The highest BCUT2D eigenvalue weighted by Gasteiger charge is 2.28. The summed E-state index contributed by atoms with van der Waals surface area (Å²) in [7, 11) is 0. The summed E-state index contributed by atoms with van der Waals surface area (Å²) in [4.78, 5) is 21.3. The molecule has 1 aromatic carbocycles. The molecule has 6 nitrogen and oxygen atoms in total. The molecule has 0 bridgehead atoms. The van der Waals surface area contributed by atoms with Gasteiger partial charge < -0.3 is 5.32 Å². The van der Waals surface area contributed by atoms with E-state index in [0.717, 1.165) is 5.69 Å². The molecule has 27 heavy (non-hydrogen) atoms. The van der Waals surface area contributed by atoms with Crippen LogP contribution in [0, 0.1) is 5.41 Å². The second-order valence-corrected chi connectivity index (χ2v) is 8.48. The minimum Gasteiger partial charge on any atom is -0.348 e. The Hall–Kier alpha value is -2.93. The van der Waals surface area contributed by atoms with Crippen LogP contribution in [0.15, 0.2) is 58.8 Å². The lowest BCUT2D eigenvalue weighted by Gasteiger charge is -2.30. The molecule has 0 spiro atoms. The Morgan fingerprint density at radius 2 is 1.93 bits per heavy atom. The van der Waals surface area contributed by atoms with Gasteiger partial charge in [0.25, 0.3) is 5.56 Å². The fraction of sp³-hybridized carbons (Fsp3) is 0.250. The Kier molecular flexibility index (Phi) is 4.31. The average Bonchev–Trinajstić information content (AvgIpc) is 3.29. The van der Waals surface area contributed by atoms with Crippen molar-refractivity contribution in [3.05, 3.63) is 69.3 Å². The minimum absolute atomic E-state index is 0.0196. The molecule has 7 heteroatoms. The monoisotopic (exact) mass is 379 g/mol. The first-order valence-corrected chi connectivity index (χ1v) is 9.65. The van der Waals surface area contributed by atoms with Crippen molar-refractivity contribution in [1.82, 2.24) is 19.7 Å². The standard InChI is InChI=1S/C20H21N5OS/c1-20(2,3)16(15-10-7-11-27-15)22-19-23-17-14(18(26)24-19)12-21-25(17)13-8-5-4-6-9-13/h4-12,16H,1-3H3,(H2,22,23,24,26). The molecule has 0 saturated heterocycles. The lowest BCUT2D eigenvalue weighted by molar-refractivity contribution is 0.350. The van der Waals surface area contributed by atoms with Crippen molar-refractivity contribution in [3.8, 4) is 5.69 Å². The number of rotatable bonds is 4. The second kappa shape index (κ2) is 6.66. The summed E-state index contributed by atoms with van der Waals surface area (Å²) in [6.07, 6.45) is 1.55. The van der Waals surface area contributed by atoms with Gasteiger partial charge in [0.15, 0.2) is 5.65 Å². The zero-order chi connectivity index (χ0) is 19.0. The molecular weight excluding hydrogens is 358 g/mol. The Morgan fingerprint density at radius 3 is 2.59 bits per heavy atom. The van der Waals surface area contributed by atoms with Gasteiger partial charge in [0.1, 0.15) is 5.39 Å². The summed E-state index contributed by atoms with van der Waals surface area (Å²) in [6.45, 7) is 6.49. The van der Waals surface area contributed by atoms with Crippen molar-refractivity contribution < 1.29 is 0 Å². The quantitative estimate of drug-likeness (QED) is 0.552. The van der Waals surface area contributed by atoms with Crippen LogP contribution in [0.3, 0.4) is 0 Å². The highest BCUT2D eigenvalue weighted by Crippen LogP contribution is 2.37. The van der Waals surface area contributed by atoms with Crippen LogP contribution in [0.4, 0.5) is 5.95 Å². The number of H-pyrrole nitrogens is 1. The first kappa shape index (κ1) is 17.5. The lowest BCUT2D eigenvalue weighted by atomic mass is 9.86. The van der Waals surface area contributed by atoms with Crippen molar-refractivity contribution in [2.75, 3.05) is 5.32 Å². The van der Waals surface area contributed by atoms with E-state index in [9.17, 15) is 4.79 Å². The van der Waals surface area contributed by atoms with Crippen LogP contribution in [0.25, 0.3) is 16.7 Å². The molecular formula is C20H21N5OS. The number of benzene rings is 1. The van der Waals surface area contributed by atoms with Crippen LogP contribution in [-0.2, 0) is 0 Å². The number of para-hydroxylation sites is 1. The average molecular weight is 379 g/mol. The maximum atomic E-state index is 12.6. The van der Waals surface area contributed by atoms with E-state index in [4.69, 9.17) is 0 Å². The fourth-order valence-corrected chi connectivity index (χ4v) is 4.07. The molecule has 1 atom stereocenters. The molecule has 0 radical (unpaired) electrons. The number of hydrogen-bond acceptors (Lipinski definition) is 5. The molecule has 0 aliphatic heterocycles. The fourth-order valence-electron chi connectivity index (χ4n) is 3.05. The zero-order valence-corrected chi connectivity index (χ0v) is 16.2. The number of anilines is 1. The van der Waals surface area contributed by atoms with Gasteiger partial charge in [-0.05, 0) is 29.0 Å². The molecule has 0 fully saturated rings. The van der Waals surface area contributed by atoms with Gasteiger partial charge in [-0.3, -0.25) is 9.78 Å². The second-order valence-electron chi connectivity index (χ2n) is 7.50. The molecule has 4 rings (SSSR count). The van der Waals surface area contributed by atoms with E-state index in [1.807, 2.05) is 36.4 Å². The van der Waals surface area contributed by atoms with Gasteiger partial charge in [-0.2, -0.15) is 10.1 Å². The Balaban J connectivity index is 1.80. The molecule has 3 aromatic heterocycles. The molecule has 3 heterocycles. The van der Waals surface area contributed by atoms with Crippen molar-refractivity contribution >= 4 is 28.3 Å². The number of nitrogens with one attached hydrogen (secondary N) is 2. The summed E-state index contributed by atoms with van der Waals surface area (Å²) < 4.78 is 1.69. The molecule has 2 N–H and O–H groups in total. The van der Waals surface area contributed by atoms with Gasteiger partial charge in [0.05, 0.1) is 17.9 Å². The summed E-state index contributed by atoms with van der Waals surface area (Å²) in [6, 6.07) is 13.8. The number of nitrogens with zero attached hydrogens (tertiary/aromatic N) is 3. The first-order chi connectivity index (χ1) is 12.9. The highest BCUT2D eigenvalue weighted by atomic mass is 32.1. The Labute approximate surface area is 160 Å². The van der Waals surface area contributed by atoms with Gasteiger partial charge in [-0.1, -0.05) is 45.0 Å². The van der Waals surface area contributed by atoms with Crippen LogP contribution in [0.1, 0.15) is 31.7 Å². The van der Waals surface area contributed by atoms with Crippen LogP contribution in [0.2, 0.25) is 0 Å². The highest BCUT2D eigenvalue weighted by molar-refractivity contribution is 7.10. The summed E-state index contributed by atoms with van der Waals surface area (Å²) in [5, 5.41) is 10.3.